The first kappa shape index (κ1) is 15.3. The van der Waals surface area contributed by atoms with Crippen LogP contribution in [-0.4, -0.2) is 44.2 Å². The van der Waals surface area contributed by atoms with Crippen molar-refractivity contribution in [2.75, 3.05) is 19.6 Å². The van der Waals surface area contributed by atoms with E-state index in [0.29, 0.717) is 12.5 Å². The minimum absolute atomic E-state index is 0.420. The molecule has 5 nitrogen and oxygen atoms in total. The molecule has 1 N–H and O–H groups in total. The van der Waals surface area contributed by atoms with E-state index in [9.17, 15) is 5.11 Å². The Kier molecular flexibility index (Phi) is 4.28. The van der Waals surface area contributed by atoms with Crippen molar-refractivity contribution in [1.82, 2.24) is 19.5 Å². The number of pyridine rings is 1. The average molecular weight is 322 g/mol. The molecule has 0 saturated carbocycles. The largest absolute Gasteiger partial charge is 0.387 e. The van der Waals surface area contributed by atoms with Gasteiger partial charge in [-0.05, 0) is 43.6 Å². The molecular formula is C19H22N4O. The second-order valence-electron chi connectivity index (χ2n) is 6.49. The fourth-order valence-electron chi connectivity index (χ4n) is 3.54. The molecule has 3 aromatic rings. The topological polar surface area (TPSA) is 53.7 Å². The Bertz CT molecular complexity index is 793. The predicted octanol–water partition coefficient (Wildman–Crippen LogP) is 2.64. The van der Waals surface area contributed by atoms with Gasteiger partial charge in [-0.3, -0.25) is 4.40 Å². The number of benzene rings is 1. The highest BCUT2D eigenvalue weighted by atomic mass is 16.3. The van der Waals surface area contributed by atoms with E-state index in [1.165, 1.54) is 0 Å². The number of aliphatic hydroxyl groups excluding tert-OH is 1. The molecule has 1 aromatic carbocycles. The zero-order valence-corrected chi connectivity index (χ0v) is 13.6. The van der Waals surface area contributed by atoms with Gasteiger partial charge in [-0.15, -0.1) is 10.2 Å². The highest BCUT2D eigenvalue weighted by Crippen LogP contribution is 2.28. The molecule has 1 fully saturated rings. The summed E-state index contributed by atoms with van der Waals surface area (Å²) in [6.07, 6.45) is 3.72. The summed E-state index contributed by atoms with van der Waals surface area (Å²) in [4.78, 5) is 2.34. The summed E-state index contributed by atoms with van der Waals surface area (Å²) in [7, 11) is 0. The maximum absolute atomic E-state index is 10.4. The van der Waals surface area contributed by atoms with Crippen molar-refractivity contribution in [1.29, 1.82) is 0 Å². The van der Waals surface area contributed by atoms with Gasteiger partial charge in [0.15, 0.2) is 5.65 Å². The number of aliphatic hydroxyl groups is 1. The number of rotatable bonds is 4. The van der Waals surface area contributed by atoms with Crippen LogP contribution in [0, 0.1) is 0 Å². The number of likely N-dealkylation sites (tertiary alicyclic amines) is 1. The molecule has 24 heavy (non-hydrogen) atoms. The second kappa shape index (κ2) is 6.71. The molecule has 0 amide bonds. The molecule has 2 aromatic heterocycles. The van der Waals surface area contributed by atoms with E-state index in [2.05, 4.69) is 19.5 Å². The first-order valence-corrected chi connectivity index (χ1v) is 8.56. The lowest BCUT2D eigenvalue weighted by Gasteiger charge is -2.32. The van der Waals surface area contributed by atoms with Crippen LogP contribution in [0.1, 0.15) is 36.3 Å². The van der Waals surface area contributed by atoms with E-state index < -0.39 is 6.10 Å². The van der Waals surface area contributed by atoms with Crippen LogP contribution in [0.5, 0.6) is 0 Å². The Balaban J connectivity index is 1.38. The van der Waals surface area contributed by atoms with Crippen LogP contribution < -0.4 is 0 Å². The van der Waals surface area contributed by atoms with Crippen molar-refractivity contribution in [3.05, 3.63) is 66.1 Å². The highest BCUT2D eigenvalue weighted by molar-refractivity contribution is 5.37. The number of hydrogen-bond donors (Lipinski definition) is 1. The van der Waals surface area contributed by atoms with Crippen LogP contribution in [0.15, 0.2) is 54.7 Å². The average Bonchev–Trinajstić information content (AvgIpc) is 3.07. The second-order valence-corrected chi connectivity index (χ2v) is 6.49. The van der Waals surface area contributed by atoms with Gasteiger partial charge in [0.25, 0.3) is 0 Å². The zero-order valence-electron chi connectivity index (χ0n) is 13.6. The van der Waals surface area contributed by atoms with Gasteiger partial charge in [-0.25, -0.2) is 0 Å². The monoisotopic (exact) mass is 322 g/mol. The fraction of sp³-hybridized carbons (Fsp3) is 0.368. The van der Waals surface area contributed by atoms with Crippen LogP contribution in [0.25, 0.3) is 5.65 Å². The lowest BCUT2D eigenvalue weighted by molar-refractivity contribution is 0.0965. The van der Waals surface area contributed by atoms with Gasteiger partial charge in [0.1, 0.15) is 5.82 Å². The molecule has 1 saturated heterocycles. The lowest BCUT2D eigenvalue weighted by Crippen LogP contribution is -2.36. The van der Waals surface area contributed by atoms with Gasteiger partial charge < -0.3 is 10.0 Å². The molecule has 124 valence electrons. The summed E-state index contributed by atoms with van der Waals surface area (Å²) in [6.45, 7) is 2.66. The van der Waals surface area contributed by atoms with Crippen LogP contribution in [-0.2, 0) is 0 Å². The number of fused-ring (bicyclic) bond motifs is 1. The van der Waals surface area contributed by atoms with Gasteiger partial charge in [-0.1, -0.05) is 36.4 Å². The SMILES string of the molecule is OC(CN1CCC(c2nnc3ccccn23)CC1)c1ccccc1. The van der Waals surface area contributed by atoms with E-state index in [1.54, 1.807) is 0 Å². The van der Waals surface area contributed by atoms with Gasteiger partial charge >= 0.3 is 0 Å². The number of hydrogen-bond acceptors (Lipinski definition) is 4. The summed E-state index contributed by atoms with van der Waals surface area (Å²) < 4.78 is 2.10. The van der Waals surface area contributed by atoms with E-state index in [4.69, 9.17) is 0 Å². The molecule has 1 aliphatic rings. The molecule has 0 spiro atoms. The van der Waals surface area contributed by atoms with E-state index in [0.717, 1.165) is 43.0 Å². The van der Waals surface area contributed by atoms with Crippen molar-refractivity contribution in [2.24, 2.45) is 0 Å². The summed E-state index contributed by atoms with van der Waals surface area (Å²) in [6, 6.07) is 15.9. The number of aromatic nitrogens is 3. The van der Waals surface area contributed by atoms with Gasteiger partial charge in [0.2, 0.25) is 0 Å². The first-order chi connectivity index (χ1) is 11.8. The predicted molar refractivity (Wildman–Crippen MR) is 92.8 cm³/mol. The van der Waals surface area contributed by atoms with Gasteiger partial charge in [0, 0.05) is 18.7 Å². The number of nitrogens with zero attached hydrogens (tertiary/aromatic N) is 4. The van der Waals surface area contributed by atoms with Crippen molar-refractivity contribution in [3.8, 4) is 0 Å². The highest BCUT2D eigenvalue weighted by Gasteiger charge is 2.25. The summed E-state index contributed by atoms with van der Waals surface area (Å²) in [5.74, 6) is 1.50. The minimum atomic E-state index is -0.420. The third kappa shape index (κ3) is 3.05. The fourth-order valence-corrected chi connectivity index (χ4v) is 3.54. The zero-order chi connectivity index (χ0) is 16.4. The molecular weight excluding hydrogens is 300 g/mol. The maximum Gasteiger partial charge on any atom is 0.160 e. The van der Waals surface area contributed by atoms with Crippen LogP contribution in [0.2, 0.25) is 0 Å². The van der Waals surface area contributed by atoms with Crippen molar-refractivity contribution in [3.63, 3.8) is 0 Å². The molecule has 0 bridgehead atoms. The molecule has 1 atom stereocenters. The number of β-amino-alcohol motifs (C(OH)–C–C–N with tert-alkyl or cyclic N) is 1. The summed E-state index contributed by atoms with van der Waals surface area (Å²) >= 11 is 0. The molecule has 3 heterocycles. The molecule has 0 radical (unpaired) electrons. The summed E-state index contributed by atoms with van der Waals surface area (Å²) in [5.41, 5.74) is 1.90. The molecule has 1 unspecified atom stereocenters. The molecule has 0 aliphatic carbocycles. The van der Waals surface area contributed by atoms with E-state index >= 15 is 0 Å². The normalized spacial score (nSPS) is 18.0. The molecule has 5 heteroatoms. The van der Waals surface area contributed by atoms with Gasteiger partial charge in [-0.2, -0.15) is 0 Å². The Labute approximate surface area is 141 Å². The lowest BCUT2D eigenvalue weighted by atomic mass is 9.95. The Hall–Kier alpha value is -2.24. The molecule has 4 rings (SSSR count). The third-order valence-electron chi connectivity index (χ3n) is 4.91. The Morgan fingerprint density at radius 3 is 2.54 bits per heavy atom. The Morgan fingerprint density at radius 1 is 1.00 bits per heavy atom. The van der Waals surface area contributed by atoms with E-state index in [1.807, 2.05) is 54.7 Å². The number of piperidine rings is 1. The standard InChI is InChI=1S/C19H22N4O/c24-17(15-6-2-1-3-7-15)14-22-12-9-16(10-13-22)19-21-20-18-8-4-5-11-23(18)19/h1-8,11,16-17,24H,9-10,12-14H2. The smallest absolute Gasteiger partial charge is 0.160 e. The minimum Gasteiger partial charge on any atom is -0.387 e. The van der Waals surface area contributed by atoms with Crippen molar-refractivity contribution >= 4 is 5.65 Å². The summed E-state index contributed by atoms with van der Waals surface area (Å²) in [5, 5.41) is 19.1. The quantitative estimate of drug-likeness (QED) is 0.802. The van der Waals surface area contributed by atoms with E-state index in [-0.39, 0.29) is 0 Å². The third-order valence-corrected chi connectivity index (χ3v) is 4.91. The molecule has 1 aliphatic heterocycles. The first-order valence-electron chi connectivity index (χ1n) is 8.56. The van der Waals surface area contributed by atoms with Crippen molar-refractivity contribution < 1.29 is 5.11 Å². The van der Waals surface area contributed by atoms with Crippen LogP contribution >= 0.6 is 0 Å². The van der Waals surface area contributed by atoms with Crippen LogP contribution in [0.3, 0.4) is 0 Å². The maximum atomic E-state index is 10.4. The van der Waals surface area contributed by atoms with Crippen molar-refractivity contribution in [2.45, 2.75) is 24.9 Å². The van der Waals surface area contributed by atoms with Gasteiger partial charge in [0.05, 0.1) is 6.10 Å². The Morgan fingerprint density at radius 2 is 1.75 bits per heavy atom. The van der Waals surface area contributed by atoms with Crippen LogP contribution in [0.4, 0.5) is 0 Å².